The lowest BCUT2D eigenvalue weighted by molar-refractivity contribution is -0.140. The van der Waals surface area contributed by atoms with Gasteiger partial charge in [0.15, 0.2) is 6.29 Å². The SMILES string of the molecule is C=C/C=C/CCCCCCCCCCC(OCC)OCC. The first-order valence-corrected chi connectivity index (χ1v) is 8.85. The van der Waals surface area contributed by atoms with Gasteiger partial charge < -0.3 is 9.47 Å². The van der Waals surface area contributed by atoms with Gasteiger partial charge in [-0.1, -0.05) is 63.3 Å². The molecule has 0 aromatic rings. The predicted molar refractivity (Wildman–Crippen MR) is 92.5 cm³/mol. The van der Waals surface area contributed by atoms with Gasteiger partial charge in [-0.15, -0.1) is 0 Å². The summed E-state index contributed by atoms with van der Waals surface area (Å²) in [5.74, 6) is 0. The summed E-state index contributed by atoms with van der Waals surface area (Å²) >= 11 is 0. The summed E-state index contributed by atoms with van der Waals surface area (Å²) in [6, 6.07) is 0. The fourth-order valence-corrected chi connectivity index (χ4v) is 2.41. The van der Waals surface area contributed by atoms with E-state index in [-0.39, 0.29) is 6.29 Å². The largest absolute Gasteiger partial charge is 0.353 e. The van der Waals surface area contributed by atoms with Crippen LogP contribution in [0.15, 0.2) is 24.8 Å². The zero-order chi connectivity index (χ0) is 15.6. The summed E-state index contributed by atoms with van der Waals surface area (Å²) in [6.07, 6.45) is 19.0. The van der Waals surface area contributed by atoms with E-state index >= 15 is 0 Å². The first-order valence-electron chi connectivity index (χ1n) is 8.85. The zero-order valence-electron chi connectivity index (χ0n) is 14.3. The Morgan fingerprint density at radius 1 is 0.810 bits per heavy atom. The summed E-state index contributed by atoms with van der Waals surface area (Å²) < 4.78 is 11.1. The van der Waals surface area contributed by atoms with Crippen LogP contribution in [0.4, 0.5) is 0 Å². The molecule has 0 aromatic heterocycles. The van der Waals surface area contributed by atoms with Crippen LogP contribution in [-0.2, 0) is 9.47 Å². The van der Waals surface area contributed by atoms with Gasteiger partial charge in [-0.05, 0) is 39.5 Å². The highest BCUT2D eigenvalue weighted by Gasteiger charge is 2.06. The first-order chi connectivity index (χ1) is 10.3. The molecular weight excluding hydrogens is 260 g/mol. The van der Waals surface area contributed by atoms with E-state index in [0.29, 0.717) is 0 Å². The summed E-state index contributed by atoms with van der Waals surface area (Å²) in [5.41, 5.74) is 0. The molecule has 0 saturated carbocycles. The van der Waals surface area contributed by atoms with Crippen LogP contribution >= 0.6 is 0 Å². The van der Waals surface area contributed by atoms with Gasteiger partial charge in [0.1, 0.15) is 0 Å². The van der Waals surface area contributed by atoms with Gasteiger partial charge in [-0.3, -0.25) is 0 Å². The number of allylic oxidation sites excluding steroid dienone is 3. The molecule has 21 heavy (non-hydrogen) atoms. The lowest BCUT2D eigenvalue weighted by Gasteiger charge is -2.16. The Morgan fingerprint density at radius 3 is 1.86 bits per heavy atom. The van der Waals surface area contributed by atoms with Crippen molar-refractivity contribution in [3.8, 4) is 0 Å². The third kappa shape index (κ3) is 15.6. The summed E-state index contributed by atoms with van der Waals surface area (Å²) in [5, 5.41) is 0. The third-order valence-corrected chi connectivity index (χ3v) is 3.54. The molecule has 0 fully saturated rings. The highest BCUT2D eigenvalue weighted by atomic mass is 16.7. The van der Waals surface area contributed by atoms with E-state index in [0.717, 1.165) is 19.6 Å². The highest BCUT2D eigenvalue weighted by molar-refractivity contribution is 4.96. The molecule has 0 N–H and O–H groups in total. The van der Waals surface area contributed by atoms with E-state index in [1.807, 2.05) is 26.0 Å². The van der Waals surface area contributed by atoms with Gasteiger partial charge in [0.25, 0.3) is 0 Å². The van der Waals surface area contributed by atoms with Crippen molar-refractivity contribution < 1.29 is 9.47 Å². The van der Waals surface area contributed by atoms with Crippen LogP contribution in [0.2, 0.25) is 0 Å². The molecule has 0 rings (SSSR count). The topological polar surface area (TPSA) is 18.5 Å². The lowest BCUT2D eigenvalue weighted by Crippen LogP contribution is -2.17. The van der Waals surface area contributed by atoms with Gasteiger partial charge in [0, 0.05) is 13.2 Å². The summed E-state index contributed by atoms with van der Waals surface area (Å²) in [6.45, 7) is 9.21. The number of hydrogen-bond acceptors (Lipinski definition) is 2. The molecule has 0 aliphatic rings. The van der Waals surface area contributed by atoms with Gasteiger partial charge in [-0.25, -0.2) is 0 Å². The van der Waals surface area contributed by atoms with Crippen molar-refractivity contribution in [2.24, 2.45) is 0 Å². The molecule has 0 atom stereocenters. The van der Waals surface area contributed by atoms with E-state index in [4.69, 9.17) is 9.47 Å². The van der Waals surface area contributed by atoms with E-state index in [9.17, 15) is 0 Å². The van der Waals surface area contributed by atoms with Gasteiger partial charge in [-0.2, -0.15) is 0 Å². The normalized spacial score (nSPS) is 11.6. The van der Waals surface area contributed by atoms with Crippen LogP contribution in [0.5, 0.6) is 0 Å². The van der Waals surface area contributed by atoms with Crippen molar-refractivity contribution in [1.82, 2.24) is 0 Å². The molecule has 0 amide bonds. The Labute approximate surface area is 132 Å². The average molecular weight is 296 g/mol. The van der Waals surface area contributed by atoms with Gasteiger partial charge in [0.2, 0.25) is 0 Å². The van der Waals surface area contributed by atoms with E-state index in [2.05, 4.69) is 12.7 Å². The number of ether oxygens (including phenoxy) is 2. The Kier molecular flexibility index (Phi) is 17.0. The van der Waals surface area contributed by atoms with Crippen molar-refractivity contribution in [2.45, 2.75) is 84.3 Å². The van der Waals surface area contributed by atoms with Gasteiger partial charge >= 0.3 is 0 Å². The molecule has 0 bridgehead atoms. The van der Waals surface area contributed by atoms with Crippen molar-refractivity contribution in [1.29, 1.82) is 0 Å². The molecule has 0 aromatic carbocycles. The fraction of sp³-hybridized carbons (Fsp3) is 0.789. The molecule has 0 heterocycles. The van der Waals surface area contributed by atoms with Crippen LogP contribution in [0, 0.1) is 0 Å². The second kappa shape index (κ2) is 17.5. The van der Waals surface area contributed by atoms with Crippen LogP contribution < -0.4 is 0 Å². The van der Waals surface area contributed by atoms with E-state index in [1.165, 1.54) is 57.8 Å². The fourth-order valence-electron chi connectivity index (χ4n) is 2.41. The molecule has 0 aliphatic carbocycles. The highest BCUT2D eigenvalue weighted by Crippen LogP contribution is 2.13. The Morgan fingerprint density at radius 2 is 1.33 bits per heavy atom. The zero-order valence-corrected chi connectivity index (χ0v) is 14.3. The minimum atomic E-state index is 0.0172. The minimum absolute atomic E-state index is 0.0172. The molecule has 0 aliphatic heterocycles. The second-order valence-electron chi connectivity index (χ2n) is 5.41. The first kappa shape index (κ1) is 20.4. The molecule has 0 unspecified atom stereocenters. The van der Waals surface area contributed by atoms with Crippen LogP contribution in [0.3, 0.4) is 0 Å². The Balaban J connectivity index is 3.24. The van der Waals surface area contributed by atoms with E-state index < -0.39 is 0 Å². The van der Waals surface area contributed by atoms with Crippen molar-refractivity contribution >= 4 is 0 Å². The maximum atomic E-state index is 5.55. The van der Waals surface area contributed by atoms with Crippen molar-refractivity contribution in [2.75, 3.05) is 13.2 Å². The third-order valence-electron chi connectivity index (χ3n) is 3.54. The Bertz CT molecular complexity index is 230. The number of hydrogen-bond donors (Lipinski definition) is 0. The summed E-state index contributed by atoms with van der Waals surface area (Å²) in [7, 11) is 0. The molecule has 124 valence electrons. The second-order valence-corrected chi connectivity index (χ2v) is 5.41. The summed E-state index contributed by atoms with van der Waals surface area (Å²) in [4.78, 5) is 0. The maximum Gasteiger partial charge on any atom is 0.157 e. The van der Waals surface area contributed by atoms with Crippen LogP contribution in [0.25, 0.3) is 0 Å². The molecule has 2 nitrogen and oxygen atoms in total. The van der Waals surface area contributed by atoms with Crippen molar-refractivity contribution in [3.63, 3.8) is 0 Å². The maximum absolute atomic E-state index is 5.55. The Hall–Kier alpha value is -0.600. The van der Waals surface area contributed by atoms with Gasteiger partial charge in [0.05, 0.1) is 0 Å². The molecular formula is C19H36O2. The van der Waals surface area contributed by atoms with E-state index in [1.54, 1.807) is 0 Å². The quantitative estimate of drug-likeness (QED) is 0.197. The van der Waals surface area contributed by atoms with Crippen LogP contribution in [0.1, 0.15) is 78.1 Å². The molecule has 2 heteroatoms. The number of rotatable bonds is 16. The van der Waals surface area contributed by atoms with Crippen LogP contribution in [-0.4, -0.2) is 19.5 Å². The molecule has 0 spiro atoms. The minimum Gasteiger partial charge on any atom is -0.353 e. The molecule has 0 radical (unpaired) electrons. The molecule has 0 saturated heterocycles. The average Bonchev–Trinajstić information content (AvgIpc) is 2.48. The standard InChI is InChI=1S/C19H36O2/c1-4-7-8-9-10-11-12-13-14-15-16-17-18-19(20-5-2)21-6-3/h4,7-8,19H,1,5-6,9-18H2,2-3H3/b8-7+. The van der Waals surface area contributed by atoms with Crippen molar-refractivity contribution in [3.05, 3.63) is 24.8 Å². The smallest absolute Gasteiger partial charge is 0.157 e. The number of unbranched alkanes of at least 4 members (excludes halogenated alkanes) is 8. The monoisotopic (exact) mass is 296 g/mol. The lowest BCUT2D eigenvalue weighted by atomic mass is 10.1. The predicted octanol–water partition coefficient (Wildman–Crippen LogP) is 6.03.